The number of hydrogen-bond donors (Lipinski definition) is 2. The Morgan fingerprint density at radius 3 is 1.25 bits per heavy atom. The van der Waals surface area contributed by atoms with Gasteiger partial charge in [-0.2, -0.15) is 0 Å². The van der Waals surface area contributed by atoms with Gasteiger partial charge in [0.2, 0.25) is 0 Å². The molecule has 1 rings (SSSR count). The summed E-state index contributed by atoms with van der Waals surface area (Å²) in [6.07, 6.45) is 2.38. The van der Waals surface area contributed by atoms with Gasteiger partial charge >= 0.3 is 23.9 Å². The predicted molar refractivity (Wildman–Crippen MR) is 116 cm³/mol. The van der Waals surface area contributed by atoms with Crippen molar-refractivity contribution < 1.29 is 38.1 Å². The lowest BCUT2D eigenvalue weighted by molar-refractivity contribution is -0.148. The number of carbonyl (C=O) groups is 4. The van der Waals surface area contributed by atoms with Gasteiger partial charge in [-0.25, -0.2) is 19.2 Å². The van der Waals surface area contributed by atoms with Gasteiger partial charge in [-0.05, 0) is 45.9 Å². The smallest absolute Gasteiger partial charge is 0.347 e. The number of esters is 4. The van der Waals surface area contributed by atoms with E-state index in [4.69, 9.17) is 18.9 Å². The van der Waals surface area contributed by atoms with Crippen molar-refractivity contribution in [3.8, 4) is 0 Å². The van der Waals surface area contributed by atoms with E-state index in [1.54, 1.807) is 52.0 Å². The molecule has 174 valence electrons. The van der Waals surface area contributed by atoms with E-state index in [9.17, 15) is 19.2 Å². The highest BCUT2D eigenvalue weighted by atomic mass is 16.6. The Morgan fingerprint density at radius 1 is 0.656 bits per heavy atom. The Hall–Kier alpha value is -3.82. The Labute approximate surface area is 186 Å². The molecule has 0 fully saturated rings. The summed E-state index contributed by atoms with van der Waals surface area (Å²) in [5.74, 6) is -3.26. The summed E-state index contributed by atoms with van der Waals surface area (Å²) in [4.78, 5) is 48.1. The number of ether oxygens (including phenoxy) is 4. The third-order valence-electron chi connectivity index (χ3n) is 3.61. The number of carbonyl (C=O) groups excluding carboxylic acids is 4. The molecule has 0 unspecified atom stereocenters. The molecule has 0 spiro atoms. The van der Waals surface area contributed by atoms with Crippen molar-refractivity contribution in [1.82, 2.24) is 0 Å². The second kappa shape index (κ2) is 14.2. The van der Waals surface area contributed by atoms with Crippen LogP contribution >= 0.6 is 0 Å². The summed E-state index contributed by atoms with van der Waals surface area (Å²) < 4.78 is 19.5. The standard InChI is InChI=1S/C22H28N2O8/c1-5-29-19(25)17(20(26)30-6-2)13-23-15-10-9-11-16(12-15)24-14-18(21(27)31-7-3)22(28)32-8-4/h9-14,23-24H,5-8H2,1-4H3. The third-order valence-corrected chi connectivity index (χ3v) is 3.61. The molecule has 1 aromatic rings. The van der Waals surface area contributed by atoms with Gasteiger partial charge in [-0.3, -0.25) is 0 Å². The maximum atomic E-state index is 12.0. The van der Waals surface area contributed by atoms with E-state index in [0.29, 0.717) is 11.4 Å². The van der Waals surface area contributed by atoms with Gasteiger partial charge in [0.1, 0.15) is 0 Å². The molecule has 32 heavy (non-hydrogen) atoms. The van der Waals surface area contributed by atoms with Crippen LogP contribution in [0.5, 0.6) is 0 Å². The highest BCUT2D eigenvalue weighted by Gasteiger charge is 2.22. The molecule has 0 bridgehead atoms. The zero-order valence-corrected chi connectivity index (χ0v) is 18.6. The number of rotatable bonds is 12. The minimum absolute atomic E-state index is 0.102. The summed E-state index contributed by atoms with van der Waals surface area (Å²) >= 11 is 0. The first-order chi connectivity index (χ1) is 15.4. The zero-order chi connectivity index (χ0) is 23.9. The molecule has 0 radical (unpaired) electrons. The first kappa shape index (κ1) is 26.2. The summed E-state index contributed by atoms with van der Waals surface area (Å²) in [6, 6.07) is 6.65. The highest BCUT2D eigenvalue weighted by Crippen LogP contribution is 2.17. The molecular formula is C22H28N2O8. The fraction of sp³-hybridized carbons (Fsp3) is 0.364. The van der Waals surface area contributed by atoms with Crippen molar-refractivity contribution in [2.45, 2.75) is 27.7 Å². The molecular weight excluding hydrogens is 420 g/mol. The highest BCUT2D eigenvalue weighted by molar-refractivity contribution is 6.14. The monoisotopic (exact) mass is 448 g/mol. The largest absolute Gasteiger partial charge is 0.462 e. The van der Waals surface area contributed by atoms with E-state index >= 15 is 0 Å². The Balaban J connectivity index is 3.06. The van der Waals surface area contributed by atoms with Gasteiger partial charge in [0.15, 0.2) is 11.1 Å². The summed E-state index contributed by atoms with van der Waals surface area (Å²) in [5.41, 5.74) is 0.421. The SMILES string of the molecule is CCOC(=O)C(=CNc1cccc(NC=C(C(=O)OCC)C(=O)OCC)c1)C(=O)OCC. The van der Waals surface area contributed by atoms with Crippen molar-refractivity contribution in [2.75, 3.05) is 37.1 Å². The number of benzene rings is 1. The van der Waals surface area contributed by atoms with Crippen LogP contribution in [0.3, 0.4) is 0 Å². The van der Waals surface area contributed by atoms with Crippen molar-refractivity contribution in [1.29, 1.82) is 0 Å². The van der Waals surface area contributed by atoms with Crippen LogP contribution in [0, 0.1) is 0 Å². The average molecular weight is 448 g/mol. The van der Waals surface area contributed by atoms with Crippen LogP contribution in [0.4, 0.5) is 11.4 Å². The van der Waals surface area contributed by atoms with Crippen LogP contribution in [0.1, 0.15) is 27.7 Å². The van der Waals surface area contributed by atoms with Crippen molar-refractivity contribution >= 4 is 35.3 Å². The van der Waals surface area contributed by atoms with E-state index in [2.05, 4.69) is 10.6 Å². The Morgan fingerprint density at radius 2 is 0.969 bits per heavy atom. The summed E-state index contributed by atoms with van der Waals surface area (Å²) in [5, 5.41) is 5.66. The Kier molecular flexibility index (Phi) is 11.7. The van der Waals surface area contributed by atoms with Gasteiger partial charge in [0, 0.05) is 23.8 Å². The lowest BCUT2D eigenvalue weighted by Crippen LogP contribution is -2.19. The van der Waals surface area contributed by atoms with E-state index in [1.165, 1.54) is 12.4 Å². The lowest BCUT2D eigenvalue weighted by Gasteiger charge is -2.10. The summed E-state index contributed by atoms with van der Waals surface area (Å²) in [6.45, 7) is 6.90. The average Bonchev–Trinajstić information content (AvgIpc) is 2.75. The minimum atomic E-state index is -0.816. The summed E-state index contributed by atoms with van der Waals surface area (Å²) in [7, 11) is 0. The van der Waals surface area contributed by atoms with Crippen LogP contribution in [0.15, 0.2) is 47.8 Å². The fourth-order valence-corrected chi connectivity index (χ4v) is 2.25. The van der Waals surface area contributed by atoms with Gasteiger partial charge in [0.05, 0.1) is 26.4 Å². The second-order valence-electron chi connectivity index (χ2n) is 5.87. The van der Waals surface area contributed by atoms with Crippen LogP contribution in [0.2, 0.25) is 0 Å². The van der Waals surface area contributed by atoms with E-state index < -0.39 is 23.9 Å². The van der Waals surface area contributed by atoms with Crippen LogP contribution in [-0.4, -0.2) is 50.3 Å². The quantitative estimate of drug-likeness (QED) is 0.162. The second-order valence-corrected chi connectivity index (χ2v) is 5.87. The van der Waals surface area contributed by atoms with Crippen LogP contribution in [-0.2, 0) is 38.1 Å². The first-order valence-electron chi connectivity index (χ1n) is 10.1. The molecule has 0 saturated heterocycles. The molecule has 0 aliphatic carbocycles. The lowest BCUT2D eigenvalue weighted by atomic mass is 10.2. The number of anilines is 2. The normalized spacial score (nSPS) is 9.62. The predicted octanol–water partition coefficient (Wildman–Crippen LogP) is 2.53. The van der Waals surface area contributed by atoms with Crippen molar-refractivity contribution in [3.05, 3.63) is 47.8 Å². The maximum absolute atomic E-state index is 12.0. The molecule has 0 aromatic heterocycles. The topological polar surface area (TPSA) is 129 Å². The van der Waals surface area contributed by atoms with E-state index in [-0.39, 0.29) is 37.6 Å². The fourth-order valence-electron chi connectivity index (χ4n) is 2.25. The van der Waals surface area contributed by atoms with Gasteiger partial charge < -0.3 is 29.6 Å². The molecule has 10 nitrogen and oxygen atoms in total. The van der Waals surface area contributed by atoms with Gasteiger partial charge in [0.25, 0.3) is 0 Å². The third kappa shape index (κ3) is 8.50. The van der Waals surface area contributed by atoms with E-state index in [0.717, 1.165) is 0 Å². The molecule has 0 amide bonds. The van der Waals surface area contributed by atoms with Crippen molar-refractivity contribution in [2.24, 2.45) is 0 Å². The van der Waals surface area contributed by atoms with Gasteiger partial charge in [-0.1, -0.05) is 6.07 Å². The maximum Gasteiger partial charge on any atom is 0.347 e. The van der Waals surface area contributed by atoms with E-state index in [1.807, 2.05) is 0 Å². The molecule has 0 saturated carbocycles. The molecule has 0 aliphatic heterocycles. The van der Waals surface area contributed by atoms with Crippen LogP contribution < -0.4 is 10.6 Å². The van der Waals surface area contributed by atoms with Crippen LogP contribution in [0.25, 0.3) is 0 Å². The van der Waals surface area contributed by atoms with Crippen molar-refractivity contribution in [3.63, 3.8) is 0 Å². The number of nitrogens with one attached hydrogen (secondary N) is 2. The number of hydrogen-bond acceptors (Lipinski definition) is 10. The zero-order valence-electron chi connectivity index (χ0n) is 18.6. The Bertz CT molecular complexity index is 769. The molecule has 2 N–H and O–H groups in total. The molecule has 10 heteroatoms. The molecule has 0 atom stereocenters. The molecule has 1 aromatic carbocycles. The minimum Gasteiger partial charge on any atom is -0.462 e. The first-order valence-corrected chi connectivity index (χ1v) is 10.1. The molecule has 0 heterocycles. The van der Waals surface area contributed by atoms with Gasteiger partial charge in [-0.15, -0.1) is 0 Å². The molecule has 0 aliphatic rings.